The van der Waals surface area contributed by atoms with Gasteiger partial charge in [-0.25, -0.2) is 0 Å². The average Bonchev–Trinajstić information content (AvgIpc) is 2.80. The molecule has 9 heteroatoms. The fourth-order valence-corrected chi connectivity index (χ4v) is 3.01. The zero-order valence-electron chi connectivity index (χ0n) is 10.2. The van der Waals surface area contributed by atoms with Gasteiger partial charge in [-0.2, -0.15) is 0 Å². The second-order valence-electron chi connectivity index (χ2n) is 3.83. The van der Waals surface area contributed by atoms with Crippen LogP contribution in [0.4, 0.5) is 16.5 Å². The second-order valence-corrected chi connectivity index (χ2v) is 6.07. The summed E-state index contributed by atoms with van der Waals surface area (Å²) >= 11 is 2.78. The number of nitro groups is 1. The van der Waals surface area contributed by atoms with Crippen LogP contribution < -0.4 is 10.6 Å². The standard InChI is InChI=1S/C10H11N5O2S2/c1-14(2)9-12-13-10(19-9)18-8-4-3-6(15(16)17)5-7(8)11/h3-5H,11H2,1-2H3. The van der Waals surface area contributed by atoms with Gasteiger partial charge in [0, 0.05) is 31.1 Å². The molecular formula is C10H11N5O2S2. The van der Waals surface area contributed by atoms with Crippen molar-refractivity contribution in [1.82, 2.24) is 10.2 Å². The van der Waals surface area contributed by atoms with Crippen molar-refractivity contribution in [3.63, 3.8) is 0 Å². The van der Waals surface area contributed by atoms with E-state index in [0.29, 0.717) is 5.69 Å². The maximum absolute atomic E-state index is 10.6. The SMILES string of the molecule is CN(C)c1nnc(Sc2ccc([N+](=O)[O-])cc2N)s1. The van der Waals surface area contributed by atoms with Crippen molar-refractivity contribution in [3.8, 4) is 0 Å². The first-order chi connectivity index (χ1) is 8.97. The lowest BCUT2D eigenvalue weighted by molar-refractivity contribution is -0.384. The van der Waals surface area contributed by atoms with E-state index >= 15 is 0 Å². The predicted molar refractivity (Wildman–Crippen MR) is 75.9 cm³/mol. The minimum atomic E-state index is -0.472. The first-order valence-electron chi connectivity index (χ1n) is 5.20. The molecule has 0 radical (unpaired) electrons. The summed E-state index contributed by atoms with van der Waals surface area (Å²) in [5, 5.41) is 19.5. The molecule has 2 N–H and O–H groups in total. The molecule has 0 atom stereocenters. The van der Waals surface area contributed by atoms with Gasteiger partial charge in [0.1, 0.15) is 0 Å². The first kappa shape index (κ1) is 13.6. The number of nitrogen functional groups attached to an aromatic ring is 1. The molecule has 0 bridgehead atoms. The summed E-state index contributed by atoms with van der Waals surface area (Å²) in [6.45, 7) is 0. The van der Waals surface area contributed by atoms with Crippen molar-refractivity contribution >= 4 is 39.6 Å². The van der Waals surface area contributed by atoms with Crippen LogP contribution in [0.15, 0.2) is 27.4 Å². The summed E-state index contributed by atoms with van der Waals surface area (Å²) in [5.41, 5.74) is 6.14. The van der Waals surface area contributed by atoms with Crippen LogP contribution in [0.5, 0.6) is 0 Å². The second kappa shape index (κ2) is 5.41. The van der Waals surface area contributed by atoms with E-state index in [1.807, 2.05) is 19.0 Å². The van der Waals surface area contributed by atoms with E-state index in [1.54, 1.807) is 6.07 Å². The highest BCUT2D eigenvalue weighted by Gasteiger charge is 2.12. The van der Waals surface area contributed by atoms with E-state index in [1.165, 1.54) is 35.2 Å². The van der Waals surface area contributed by atoms with E-state index in [9.17, 15) is 10.1 Å². The lowest BCUT2D eigenvalue weighted by Crippen LogP contribution is -2.07. The number of nitro benzene ring substituents is 1. The minimum Gasteiger partial charge on any atom is -0.398 e. The van der Waals surface area contributed by atoms with Crippen LogP contribution in [0.3, 0.4) is 0 Å². The third-order valence-electron chi connectivity index (χ3n) is 2.18. The maximum atomic E-state index is 10.6. The summed E-state index contributed by atoms with van der Waals surface area (Å²) in [7, 11) is 3.77. The average molecular weight is 297 g/mol. The first-order valence-corrected chi connectivity index (χ1v) is 6.83. The van der Waals surface area contributed by atoms with Gasteiger partial charge in [-0.15, -0.1) is 10.2 Å². The molecule has 0 spiro atoms. The molecule has 7 nitrogen and oxygen atoms in total. The van der Waals surface area contributed by atoms with Crippen LogP contribution in [-0.4, -0.2) is 29.2 Å². The Hall–Kier alpha value is -1.87. The van der Waals surface area contributed by atoms with Gasteiger partial charge in [0.2, 0.25) is 5.13 Å². The van der Waals surface area contributed by atoms with Crippen molar-refractivity contribution in [2.75, 3.05) is 24.7 Å². The molecule has 0 aliphatic carbocycles. The Morgan fingerprint density at radius 1 is 1.42 bits per heavy atom. The largest absolute Gasteiger partial charge is 0.398 e. The third kappa shape index (κ3) is 3.12. The van der Waals surface area contributed by atoms with Crippen molar-refractivity contribution in [2.45, 2.75) is 9.24 Å². The highest BCUT2D eigenvalue weighted by atomic mass is 32.2. The van der Waals surface area contributed by atoms with Gasteiger partial charge < -0.3 is 10.6 Å². The lowest BCUT2D eigenvalue weighted by atomic mass is 10.3. The smallest absolute Gasteiger partial charge is 0.271 e. The fourth-order valence-electron chi connectivity index (χ4n) is 1.26. The summed E-state index contributed by atoms with van der Waals surface area (Å²) < 4.78 is 0.740. The van der Waals surface area contributed by atoms with E-state index < -0.39 is 4.92 Å². The summed E-state index contributed by atoms with van der Waals surface area (Å²) in [5.74, 6) is 0. The Balaban J connectivity index is 2.20. The van der Waals surface area contributed by atoms with E-state index in [0.717, 1.165) is 14.4 Å². The molecule has 100 valence electrons. The molecule has 19 heavy (non-hydrogen) atoms. The van der Waals surface area contributed by atoms with Crippen LogP contribution in [0.25, 0.3) is 0 Å². The molecule has 2 rings (SSSR count). The molecule has 2 aromatic rings. The lowest BCUT2D eigenvalue weighted by Gasteiger charge is -2.04. The predicted octanol–water partition coefficient (Wildman–Crippen LogP) is 2.25. The van der Waals surface area contributed by atoms with Crippen LogP contribution in [0, 0.1) is 10.1 Å². The molecule has 1 aromatic heterocycles. The van der Waals surface area contributed by atoms with Crippen LogP contribution in [0.1, 0.15) is 0 Å². The molecule has 0 amide bonds. The molecule has 0 unspecified atom stereocenters. The highest BCUT2D eigenvalue weighted by Crippen LogP contribution is 2.36. The normalized spacial score (nSPS) is 10.4. The molecule has 0 aliphatic rings. The molecule has 0 fully saturated rings. The Morgan fingerprint density at radius 2 is 2.16 bits per heavy atom. The highest BCUT2D eigenvalue weighted by molar-refractivity contribution is 8.01. The van der Waals surface area contributed by atoms with E-state index in [2.05, 4.69) is 10.2 Å². The van der Waals surface area contributed by atoms with Gasteiger partial charge in [0.25, 0.3) is 5.69 Å². The van der Waals surface area contributed by atoms with Crippen LogP contribution in [0.2, 0.25) is 0 Å². The fraction of sp³-hybridized carbons (Fsp3) is 0.200. The third-order valence-corrected chi connectivity index (χ3v) is 4.41. The Morgan fingerprint density at radius 3 is 2.68 bits per heavy atom. The number of nitrogens with zero attached hydrogens (tertiary/aromatic N) is 4. The zero-order chi connectivity index (χ0) is 14.0. The maximum Gasteiger partial charge on any atom is 0.271 e. The van der Waals surface area contributed by atoms with Crippen molar-refractivity contribution in [2.24, 2.45) is 0 Å². The van der Waals surface area contributed by atoms with Crippen LogP contribution >= 0.6 is 23.1 Å². The quantitative estimate of drug-likeness (QED) is 0.525. The molecular weight excluding hydrogens is 286 g/mol. The van der Waals surface area contributed by atoms with E-state index in [4.69, 9.17) is 5.73 Å². The number of aromatic nitrogens is 2. The number of hydrogen-bond acceptors (Lipinski definition) is 8. The Labute approximate surface area is 117 Å². The monoisotopic (exact) mass is 297 g/mol. The van der Waals surface area contributed by atoms with Crippen molar-refractivity contribution < 1.29 is 4.92 Å². The van der Waals surface area contributed by atoms with E-state index in [-0.39, 0.29) is 5.69 Å². The Bertz CT molecular complexity index is 614. The number of rotatable bonds is 4. The molecule has 1 heterocycles. The van der Waals surface area contributed by atoms with Crippen molar-refractivity contribution in [1.29, 1.82) is 0 Å². The van der Waals surface area contributed by atoms with Gasteiger partial charge in [0.15, 0.2) is 4.34 Å². The molecule has 1 aromatic carbocycles. The summed E-state index contributed by atoms with van der Waals surface area (Å²) in [4.78, 5) is 12.7. The summed E-state index contributed by atoms with van der Waals surface area (Å²) in [6, 6.07) is 4.39. The Kier molecular flexibility index (Phi) is 3.86. The van der Waals surface area contributed by atoms with Crippen molar-refractivity contribution in [3.05, 3.63) is 28.3 Å². The molecule has 0 saturated heterocycles. The zero-order valence-corrected chi connectivity index (χ0v) is 11.9. The van der Waals surface area contributed by atoms with Gasteiger partial charge in [0.05, 0.1) is 10.6 Å². The van der Waals surface area contributed by atoms with Gasteiger partial charge in [-0.05, 0) is 6.07 Å². The van der Waals surface area contributed by atoms with Gasteiger partial charge >= 0.3 is 0 Å². The topological polar surface area (TPSA) is 98.2 Å². The molecule has 0 saturated carbocycles. The number of non-ortho nitro benzene ring substituents is 1. The molecule has 0 aliphatic heterocycles. The van der Waals surface area contributed by atoms with Crippen LogP contribution in [-0.2, 0) is 0 Å². The summed E-state index contributed by atoms with van der Waals surface area (Å²) in [6.07, 6.45) is 0. The number of anilines is 2. The number of benzene rings is 1. The number of hydrogen-bond donors (Lipinski definition) is 1. The van der Waals surface area contributed by atoms with Gasteiger partial charge in [-0.3, -0.25) is 10.1 Å². The number of nitrogens with two attached hydrogens (primary N) is 1. The minimum absolute atomic E-state index is 0.0203. The van der Waals surface area contributed by atoms with Gasteiger partial charge in [-0.1, -0.05) is 23.1 Å².